The number of nitrogens with two attached hydrogens (primary N) is 1. The summed E-state index contributed by atoms with van der Waals surface area (Å²) < 4.78 is 24.5. The third-order valence-corrected chi connectivity index (χ3v) is 3.74. The number of halogens is 2. The fourth-order valence-electron chi connectivity index (χ4n) is 1.72. The maximum atomic E-state index is 13.1. The number of hydrogen-bond donors (Lipinski definition) is 1. The van der Waals surface area contributed by atoms with Crippen LogP contribution in [-0.2, 0) is 10.3 Å². The molecule has 2 N–H and O–H groups in total. The standard InChI is InChI=1S/C14H17FIN3O2/c1-3-6-20-8-14(2,17)13-18-12(21-19-13)10-5-4-9(15)7-11(10)16/h4-5,7H,3,6,8,17H2,1-2H3. The van der Waals surface area contributed by atoms with Gasteiger partial charge in [-0.2, -0.15) is 4.98 Å². The lowest BCUT2D eigenvalue weighted by molar-refractivity contribution is 0.0867. The molecule has 0 spiro atoms. The molecular formula is C14H17FIN3O2. The molecule has 0 aliphatic carbocycles. The van der Waals surface area contributed by atoms with Crippen LogP contribution in [0.2, 0.25) is 0 Å². The lowest BCUT2D eigenvalue weighted by Gasteiger charge is -2.19. The first-order valence-electron chi connectivity index (χ1n) is 6.60. The van der Waals surface area contributed by atoms with Gasteiger partial charge in [-0.05, 0) is 54.1 Å². The van der Waals surface area contributed by atoms with E-state index in [9.17, 15) is 4.39 Å². The van der Waals surface area contributed by atoms with E-state index < -0.39 is 5.54 Å². The minimum atomic E-state index is -0.831. The van der Waals surface area contributed by atoms with Crippen LogP contribution in [0.5, 0.6) is 0 Å². The van der Waals surface area contributed by atoms with Gasteiger partial charge in [-0.25, -0.2) is 4.39 Å². The minimum absolute atomic E-state index is 0.306. The number of hydrogen-bond acceptors (Lipinski definition) is 5. The quantitative estimate of drug-likeness (QED) is 0.591. The van der Waals surface area contributed by atoms with Gasteiger partial charge in [-0.3, -0.25) is 0 Å². The molecule has 0 fully saturated rings. The molecule has 1 atom stereocenters. The molecular weight excluding hydrogens is 388 g/mol. The summed E-state index contributed by atoms with van der Waals surface area (Å²) in [5.74, 6) is 0.384. The lowest BCUT2D eigenvalue weighted by atomic mass is 10.1. The number of benzene rings is 1. The van der Waals surface area contributed by atoms with Crippen LogP contribution in [-0.4, -0.2) is 23.4 Å². The predicted molar refractivity (Wildman–Crippen MR) is 85.1 cm³/mol. The Morgan fingerprint density at radius 2 is 2.24 bits per heavy atom. The number of nitrogens with zero attached hydrogens (tertiary/aromatic N) is 2. The Morgan fingerprint density at radius 1 is 1.48 bits per heavy atom. The molecule has 2 aromatic rings. The highest BCUT2D eigenvalue weighted by Crippen LogP contribution is 2.26. The van der Waals surface area contributed by atoms with E-state index in [1.54, 1.807) is 13.0 Å². The van der Waals surface area contributed by atoms with Crippen LogP contribution in [0, 0.1) is 9.39 Å². The monoisotopic (exact) mass is 405 g/mol. The van der Waals surface area contributed by atoms with Crippen molar-refractivity contribution in [2.45, 2.75) is 25.8 Å². The summed E-state index contributed by atoms with van der Waals surface area (Å²) >= 11 is 2.02. The van der Waals surface area contributed by atoms with Gasteiger partial charge in [0.2, 0.25) is 0 Å². The molecule has 0 aliphatic rings. The molecule has 5 nitrogen and oxygen atoms in total. The Morgan fingerprint density at radius 3 is 2.90 bits per heavy atom. The molecule has 1 aromatic carbocycles. The Bertz CT molecular complexity index is 616. The summed E-state index contributed by atoms with van der Waals surface area (Å²) in [4.78, 5) is 4.31. The van der Waals surface area contributed by atoms with E-state index in [1.165, 1.54) is 12.1 Å². The average Bonchev–Trinajstić information content (AvgIpc) is 2.89. The van der Waals surface area contributed by atoms with Crippen LogP contribution in [0.3, 0.4) is 0 Å². The Labute approximate surface area is 136 Å². The van der Waals surface area contributed by atoms with E-state index in [0.717, 1.165) is 6.42 Å². The third-order valence-electron chi connectivity index (χ3n) is 2.85. The van der Waals surface area contributed by atoms with Crippen molar-refractivity contribution < 1.29 is 13.7 Å². The first-order valence-corrected chi connectivity index (χ1v) is 7.68. The largest absolute Gasteiger partial charge is 0.379 e. The highest BCUT2D eigenvalue weighted by molar-refractivity contribution is 14.1. The molecule has 1 heterocycles. The molecule has 0 bridgehead atoms. The van der Waals surface area contributed by atoms with Gasteiger partial charge in [-0.15, -0.1) is 0 Å². The van der Waals surface area contributed by atoms with E-state index in [1.807, 2.05) is 29.5 Å². The molecule has 0 radical (unpaired) electrons. The SMILES string of the molecule is CCCOCC(C)(N)c1noc(-c2ccc(F)cc2I)n1. The van der Waals surface area contributed by atoms with Crippen molar-refractivity contribution in [1.29, 1.82) is 0 Å². The summed E-state index contributed by atoms with van der Waals surface area (Å²) in [5, 5.41) is 3.92. The summed E-state index contributed by atoms with van der Waals surface area (Å²) in [6.45, 7) is 4.75. The molecule has 0 amide bonds. The molecule has 7 heteroatoms. The van der Waals surface area contributed by atoms with Crippen molar-refractivity contribution in [3.05, 3.63) is 33.4 Å². The van der Waals surface area contributed by atoms with Gasteiger partial charge in [0.1, 0.15) is 11.4 Å². The zero-order chi connectivity index (χ0) is 15.5. The van der Waals surface area contributed by atoms with Gasteiger partial charge < -0.3 is 15.0 Å². The Hall–Kier alpha value is -1.06. The van der Waals surface area contributed by atoms with Crippen LogP contribution in [0.1, 0.15) is 26.1 Å². The van der Waals surface area contributed by atoms with Gasteiger partial charge >= 0.3 is 0 Å². The van der Waals surface area contributed by atoms with Crippen molar-refractivity contribution in [3.63, 3.8) is 0 Å². The Balaban J connectivity index is 2.21. The van der Waals surface area contributed by atoms with Crippen molar-refractivity contribution in [1.82, 2.24) is 10.1 Å². The van der Waals surface area contributed by atoms with Gasteiger partial charge in [-0.1, -0.05) is 12.1 Å². The third kappa shape index (κ3) is 3.98. The minimum Gasteiger partial charge on any atom is -0.379 e. The van der Waals surface area contributed by atoms with Crippen LogP contribution in [0.15, 0.2) is 22.7 Å². The maximum absolute atomic E-state index is 13.1. The van der Waals surface area contributed by atoms with E-state index in [4.69, 9.17) is 15.0 Å². The zero-order valence-corrected chi connectivity index (χ0v) is 14.1. The van der Waals surface area contributed by atoms with Crippen LogP contribution >= 0.6 is 22.6 Å². The highest BCUT2D eigenvalue weighted by atomic mass is 127. The summed E-state index contributed by atoms with van der Waals surface area (Å²) in [5.41, 5.74) is 6.01. The van der Waals surface area contributed by atoms with Crippen molar-refractivity contribution >= 4 is 22.6 Å². The first kappa shape index (κ1) is 16.3. The molecule has 1 aromatic heterocycles. The van der Waals surface area contributed by atoms with Crippen LogP contribution in [0.4, 0.5) is 4.39 Å². The Kier molecular flexibility index (Phi) is 5.28. The molecule has 114 valence electrons. The molecule has 1 unspecified atom stereocenters. The van der Waals surface area contributed by atoms with E-state index in [-0.39, 0.29) is 5.82 Å². The molecule has 0 saturated carbocycles. The maximum Gasteiger partial charge on any atom is 0.259 e. The van der Waals surface area contributed by atoms with Crippen molar-refractivity contribution in [2.75, 3.05) is 13.2 Å². The second kappa shape index (κ2) is 6.80. The second-order valence-electron chi connectivity index (χ2n) is 5.02. The summed E-state index contributed by atoms with van der Waals surface area (Å²) in [6, 6.07) is 4.37. The van der Waals surface area contributed by atoms with Crippen molar-refractivity contribution in [3.8, 4) is 11.5 Å². The number of aromatic nitrogens is 2. The first-order chi connectivity index (χ1) is 9.94. The smallest absolute Gasteiger partial charge is 0.259 e. The summed E-state index contributed by atoms with van der Waals surface area (Å²) in [7, 11) is 0. The van der Waals surface area contributed by atoms with Crippen LogP contribution in [0.25, 0.3) is 11.5 Å². The molecule has 2 rings (SSSR count). The normalized spacial score (nSPS) is 14.1. The van der Waals surface area contributed by atoms with Crippen LogP contribution < -0.4 is 5.73 Å². The number of rotatable bonds is 6. The molecule has 0 saturated heterocycles. The van der Waals surface area contributed by atoms with E-state index >= 15 is 0 Å². The average molecular weight is 405 g/mol. The molecule has 21 heavy (non-hydrogen) atoms. The van der Waals surface area contributed by atoms with Gasteiger partial charge in [0.25, 0.3) is 5.89 Å². The zero-order valence-electron chi connectivity index (χ0n) is 11.9. The topological polar surface area (TPSA) is 74.2 Å². The van der Waals surface area contributed by atoms with Crippen molar-refractivity contribution in [2.24, 2.45) is 5.73 Å². The van der Waals surface area contributed by atoms with Gasteiger partial charge in [0.05, 0.1) is 12.2 Å². The van der Waals surface area contributed by atoms with E-state index in [0.29, 0.717) is 34.1 Å². The summed E-state index contributed by atoms with van der Waals surface area (Å²) in [6.07, 6.45) is 0.918. The lowest BCUT2D eigenvalue weighted by Crippen LogP contribution is -2.39. The highest BCUT2D eigenvalue weighted by Gasteiger charge is 2.28. The van der Waals surface area contributed by atoms with Gasteiger partial charge in [0.15, 0.2) is 5.82 Å². The molecule has 0 aliphatic heterocycles. The number of ether oxygens (including phenoxy) is 1. The van der Waals surface area contributed by atoms with Gasteiger partial charge in [0, 0.05) is 10.2 Å². The fraction of sp³-hybridized carbons (Fsp3) is 0.429. The van der Waals surface area contributed by atoms with E-state index in [2.05, 4.69) is 10.1 Å². The fourth-order valence-corrected chi connectivity index (χ4v) is 2.43. The second-order valence-corrected chi connectivity index (χ2v) is 6.18. The predicted octanol–water partition coefficient (Wildman–Crippen LogP) is 3.08.